The first kappa shape index (κ1) is 25.9. The van der Waals surface area contributed by atoms with E-state index in [9.17, 15) is 9.59 Å². The minimum atomic E-state index is -0.363. The molecule has 2 N–H and O–H groups in total. The van der Waals surface area contributed by atoms with Gasteiger partial charge in [-0.3, -0.25) is 14.9 Å². The minimum Gasteiger partial charge on any atom is -0.493 e. The van der Waals surface area contributed by atoms with Gasteiger partial charge in [0, 0.05) is 24.8 Å². The molecule has 182 valence electrons. The van der Waals surface area contributed by atoms with E-state index in [0.29, 0.717) is 41.6 Å². The second-order valence-corrected chi connectivity index (χ2v) is 9.07. The van der Waals surface area contributed by atoms with E-state index in [0.717, 1.165) is 12.0 Å². The zero-order chi connectivity index (χ0) is 25.2. The molecule has 0 saturated carbocycles. The fourth-order valence-corrected chi connectivity index (χ4v) is 3.61. The molecule has 0 aliphatic rings. The van der Waals surface area contributed by atoms with Crippen LogP contribution in [0.5, 0.6) is 5.75 Å². The van der Waals surface area contributed by atoms with Gasteiger partial charge in [0.1, 0.15) is 5.75 Å². The molecule has 0 heterocycles. The molecule has 0 radical (unpaired) electrons. The van der Waals surface area contributed by atoms with Crippen LogP contribution in [0.25, 0.3) is 0 Å². The molecule has 0 aliphatic heterocycles. The van der Waals surface area contributed by atoms with Crippen molar-refractivity contribution >= 4 is 34.8 Å². The lowest BCUT2D eigenvalue weighted by Gasteiger charge is -2.18. The molecule has 7 heteroatoms. The minimum absolute atomic E-state index is 0.111. The molecule has 0 fully saturated rings. The number of hydrogen-bond acceptors (Lipinski definition) is 4. The summed E-state index contributed by atoms with van der Waals surface area (Å²) in [5.74, 6) is 0.549. The fraction of sp³-hybridized carbons (Fsp3) is 0.250. The summed E-state index contributed by atoms with van der Waals surface area (Å²) in [4.78, 5) is 27.4. The Morgan fingerprint density at radius 1 is 0.971 bits per heavy atom. The summed E-state index contributed by atoms with van der Waals surface area (Å²) in [6, 6.07) is 23.9. The Balaban J connectivity index is 1.60. The van der Waals surface area contributed by atoms with Gasteiger partial charge in [0.15, 0.2) is 5.11 Å². The van der Waals surface area contributed by atoms with Crippen molar-refractivity contribution in [3.63, 3.8) is 0 Å². The van der Waals surface area contributed by atoms with E-state index in [4.69, 9.17) is 17.0 Å². The third kappa shape index (κ3) is 7.93. The normalized spacial score (nSPS) is 10.5. The topological polar surface area (TPSA) is 70.7 Å². The average molecular weight is 490 g/mol. The lowest BCUT2D eigenvalue weighted by Crippen LogP contribution is -2.34. The van der Waals surface area contributed by atoms with Crippen molar-refractivity contribution in [2.45, 2.75) is 26.8 Å². The van der Waals surface area contributed by atoms with Crippen molar-refractivity contribution in [1.82, 2.24) is 10.2 Å². The third-order valence-electron chi connectivity index (χ3n) is 5.29. The van der Waals surface area contributed by atoms with E-state index < -0.39 is 0 Å². The zero-order valence-electron chi connectivity index (χ0n) is 20.3. The Morgan fingerprint density at radius 3 is 2.43 bits per heavy atom. The molecular formula is C28H31N3O3S. The first-order valence-corrected chi connectivity index (χ1v) is 12.0. The Morgan fingerprint density at radius 2 is 1.69 bits per heavy atom. The molecule has 3 aromatic rings. The Labute approximate surface area is 212 Å². The third-order valence-corrected chi connectivity index (χ3v) is 5.49. The number of ether oxygens (including phenoxy) is 1. The van der Waals surface area contributed by atoms with Crippen LogP contribution in [0.3, 0.4) is 0 Å². The number of nitrogens with one attached hydrogen (secondary N) is 2. The smallest absolute Gasteiger partial charge is 0.261 e. The summed E-state index contributed by atoms with van der Waals surface area (Å²) in [7, 11) is 1.76. The van der Waals surface area contributed by atoms with Crippen LogP contribution in [0.2, 0.25) is 0 Å². The van der Waals surface area contributed by atoms with Gasteiger partial charge < -0.3 is 15.0 Å². The van der Waals surface area contributed by atoms with Crippen molar-refractivity contribution in [3.05, 3.63) is 95.6 Å². The van der Waals surface area contributed by atoms with Gasteiger partial charge in [-0.05, 0) is 60.5 Å². The molecule has 2 amide bonds. The van der Waals surface area contributed by atoms with Crippen LogP contribution in [0.1, 0.15) is 46.5 Å². The first-order valence-electron chi connectivity index (χ1n) is 11.6. The van der Waals surface area contributed by atoms with Gasteiger partial charge in [-0.25, -0.2) is 0 Å². The quantitative estimate of drug-likeness (QED) is 0.388. The Kier molecular flexibility index (Phi) is 9.38. The van der Waals surface area contributed by atoms with Gasteiger partial charge in [-0.15, -0.1) is 0 Å². The fourth-order valence-electron chi connectivity index (χ4n) is 3.40. The number of thiocarbonyl (C=S) groups is 1. The molecule has 0 spiro atoms. The van der Waals surface area contributed by atoms with E-state index in [2.05, 4.69) is 24.5 Å². The van der Waals surface area contributed by atoms with Crippen LogP contribution in [0.15, 0.2) is 78.9 Å². The highest BCUT2D eigenvalue weighted by atomic mass is 32.1. The standard InChI is InChI=1S/C28H31N3O3S/c1-20(2)16-17-34-25-15-8-7-14-24(25)26(32)30-28(35)29-23-13-9-12-22(18-23)27(33)31(3)19-21-10-5-4-6-11-21/h4-15,18,20H,16-17,19H2,1-3H3,(H2,29,30,32,35). The number of para-hydroxylation sites is 1. The van der Waals surface area contributed by atoms with Crippen molar-refractivity contribution in [1.29, 1.82) is 0 Å². The largest absolute Gasteiger partial charge is 0.493 e. The van der Waals surface area contributed by atoms with Gasteiger partial charge in [0.25, 0.3) is 11.8 Å². The number of carbonyl (C=O) groups is 2. The number of anilines is 1. The van der Waals surface area contributed by atoms with Crippen LogP contribution in [-0.2, 0) is 6.54 Å². The lowest BCUT2D eigenvalue weighted by atomic mass is 10.1. The van der Waals surface area contributed by atoms with Crippen LogP contribution < -0.4 is 15.4 Å². The molecule has 0 saturated heterocycles. The summed E-state index contributed by atoms with van der Waals surface area (Å²) < 4.78 is 5.81. The van der Waals surface area contributed by atoms with E-state index in [1.807, 2.05) is 36.4 Å². The second-order valence-electron chi connectivity index (χ2n) is 8.66. The second kappa shape index (κ2) is 12.7. The molecule has 3 aromatic carbocycles. The Bertz CT molecular complexity index is 1160. The van der Waals surface area contributed by atoms with Gasteiger partial charge in [0.2, 0.25) is 0 Å². The van der Waals surface area contributed by atoms with Crippen LogP contribution in [0.4, 0.5) is 5.69 Å². The molecule has 3 rings (SSSR count). The summed E-state index contributed by atoms with van der Waals surface area (Å²) in [5, 5.41) is 5.82. The SMILES string of the molecule is CC(C)CCOc1ccccc1C(=O)NC(=S)Nc1cccc(C(=O)N(C)Cc2ccccc2)c1. The van der Waals surface area contributed by atoms with Gasteiger partial charge >= 0.3 is 0 Å². The predicted octanol–water partition coefficient (Wildman–Crippen LogP) is 5.51. The predicted molar refractivity (Wildman–Crippen MR) is 144 cm³/mol. The molecular weight excluding hydrogens is 458 g/mol. The zero-order valence-corrected chi connectivity index (χ0v) is 21.1. The number of rotatable bonds is 9. The van der Waals surface area contributed by atoms with E-state index >= 15 is 0 Å². The van der Waals surface area contributed by atoms with Crippen LogP contribution in [0, 0.1) is 5.92 Å². The molecule has 35 heavy (non-hydrogen) atoms. The first-order chi connectivity index (χ1) is 16.8. The van der Waals surface area contributed by atoms with Crippen molar-refractivity contribution in [3.8, 4) is 5.75 Å². The molecule has 6 nitrogen and oxygen atoms in total. The summed E-state index contributed by atoms with van der Waals surface area (Å²) in [5.41, 5.74) is 2.59. The highest BCUT2D eigenvalue weighted by Gasteiger charge is 2.15. The maximum atomic E-state index is 12.9. The molecule has 0 unspecified atom stereocenters. The van der Waals surface area contributed by atoms with Crippen LogP contribution >= 0.6 is 12.2 Å². The monoisotopic (exact) mass is 489 g/mol. The van der Waals surface area contributed by atoms with E-state index in [1.54, 1.807) is 54.4 Å². The maximum absolute atomic E-state index is 12.9. The Hall–Kier alpha value is -3.71. The number of carbonyl (C=O) groups excluding carboxylic acids is 2. The van der Waals surface area contributed by atoms with Crippen molar-refractivity contribution in [2.75, 3.05) is 19.0 Å². The van der Waals surface area contributed by atoms with Gasteiger partial charge in [0.05, 0.1) is 12.2 Å². The average Bonchev–Trinajstić information content (AvgIpc) is 2.84. The molecule has 0 aliphatic carbocycles. The number of amides is 2. The number of benzene rings is 3. The van der Waals surface area contributed by atoms with Crippen molar-refractivity contribution < 1.29 is 14.3 Å². The number of hydrogen-bond donors (Lipinski definition) is 2. The van der Waals surface area contributed by atoms with Gasteiger partial charge in [-0.1, -0.05) is 62.4 Å². The highest BCUT2D eigenvalue weighted by molar-refractivity contribution is 7.80. The van der Waals surface area contributed by atoms with Crippen molar-refractivity contribution in [2.24, 2.45) is 5.92 Å². The van der Waals surface area contributed by atoms with E-state index in [1.165, 1.54) is 0 Å². The maximum Gasteiger partial charge on any atom is 0.261 e. The summed E-state index contributed by atoms with van der Waals surface area (Å²) in [6.07, 6.45) is 0.894. The summed E-state index contributed by atoms with van der Waals surface area (Å²) >= 11 is 5.35. The van der Waals surface area contributed by atoms with Crippen LogP contribution in [-0.4, -0.2) is 35.5 Å². The number of nitrogens with zero attached hydrogens (tertiary/aromatic N) is 1. The highest BCUT2D eigenvalue weighted by Crippen LogP contribution is 2.19. The summed E-state index contributed by atoms with van der Waals surface area (Å²) in [6.45, 7) is 5.28. The molecule has 0 atom stereocenters. The molecule has 0 aromatic heterocycles. The van der Waals surface area contributed by atoms with Gasteiger partial charge in [-0.2, -0.15) is 0 Å². The van der Waals surface area contributed by atoms with E-state index in [-0.39, 0.29) is 16.9 Å². The lowest BCUT2D eigenvalue weighted by molar-refractivity contribution is 0.0785. The molecule has 0 bridgehead atoms.